The molecule has 0 bridgehead atoms. The summed E-state index contributed by atoms with van der Waals surface area (Å²) in [6, 6.07) is 11.5. The predicted octanol–water partition coefficient (Wildman–Crippen LogP) is 4.30. The van der Waals surface area contributed by atoms with E-state index in [2.05, 4.69) is 29.7 Å². The summed E-state index contributed by atoms with van der Waals surface area (Å²) in [7, 11) is 1.66. The number of anilines is 1. The lowest BCUT2D eigenvalue weighted by molar-refractivity contribution is -0.124. The van der Waals surface area contributed by atoms with Crippen LogP contribution in [0.5, 0.6) is 5.75 Å². The summed E-state index contributed by atoms with van der Waals surface area (Å²) in [5.74, 6) is 0.633. The van der Waals surface area contributed by atoms with Crippen molar-refractivity contribution in [1.82, 2.24) is 5.43 Å². The molecule has 0 aliphatic rings. The van der Waals surface area contributed by atoms with Gasteiger partial charge in [0.25, 0.3) is 0 Å². The van der Waals surface area contributed by atoms with E-state index in [0.717, 1.165) is 33.7 Å². The molecule has 0 aliphatic heterocycles. The van der Waals surface area contributed by atoms with Gasteiger partial charge < -0.3 is 10.1 Å². The molecule has 0 saturated heterocycles. The van der Waals surface area contributed by atoms with Gasteiger partial charge in [-0.25, -0.2) is 5.43 Å². The number of benzene rings is 2. The van der Waals surface area contributed by atoms with Gasteiger partial charge in [0.05, 0.1) is 13.3 Å². The maximum atomic E-state index is 12.0. The maximum absolute atomic E-state index is 12.0. The SMILES string of the molecule is COc1cc(C)c(C=NNC(=O)CCC(=O)Nc2ccc(C)cc2)cc1C(C)C. The van der Waals surface area contributed by atoms with Gasteiger partial charge in [-0.05, 0) is 60.7 Å². The van der Waals surface area contributed by atoms with E-state index in [1.807, 2.05) is 50.2 Å². The topological polar surface area (TPSA) is 79.8 Å². The first-order chi connectivity index (χ1) is 13.8. The summed E-state index contributed by atoms with van der Waals surface area (Å²) in [4.78, 5) is 23.9. The third-order valence-electron chi connectivity index (χ3n) is 4.55. The quantitative estimate of drug-likeness (QED) is 0.516. The molecule has 6 nitrogen and oxygen atoms in total. The van der Waals surface area contributed by atoms with Gasteiger partial charge >= 0.3 is 0 Å². The molecule has 154 valence electrons. The third kappa shape index (κ3) is 6.75. The van der Waals surface area contributed by atoms with Crippen LogP contribution in [0.25, 0.3) is 0 Å². The molecular formula is C23H29N3O3. The van der Waals surface area contributed by atoms with Gasteiger partial charge in [-0.3, -0.25) is 9.59 Å². The van der Waals surface area contributed by atoms with Crippen LogP contribution >= 0.6 is 0 Å². The third-order valence-corrected chi connectivity index (χ3v) is 4.55. The molecular weight excluding hydrogens is 366 g/mol. The minimum absolute atomic E-state index is 0.0634. The van der Waals surface area contributed by atoms with Crippen LogP contribution < -0.4 is 15.5 Å². The maximum Gasteiger partial charge on any atom is 0.240 e. The van der Waals surface area contributed by atoms with Crippen LogP contribution in [0.3, 0.4) is 0 Å². The van der Waals surface area contributed by atoms with Gasteiger partial charge in [0.2, 0.25) is 11.8 Å². The van der Waals surface area contributed by atoms with Crippen LogP contribution in [0.1, 0.15) is 54.9 Å². The zero-order chi connectivity index (χ0) is 21.4. The van der Waals surface area contributed by atoms with E-state index in [1.165, 1.54) is 0 Å². The second kappa shape index (κ2) is 10.4. The fraction of sp³-hybridized carbons (Fsp3) is 0.348. The monoisotopic (exact) mass is 395 g/mol. The molecule has 0 atom stereocenters. The Bertz CT molecular complexity index is 887. The van der Waals surface area contributed by atoms with E-state index in [9.17, 15) is 9.59 Å². The van der Waals surface area contributed by atoms with Crippen LogP contribution in [0.2, 0.25) is 0 Å². The van der Waals surface area contributed by atoms with Gasteiger partial charge in [0, 0.05) is 18.5 Å². The molecule has 0 radical (unpaired) electrons. The number of nitrogens with one attached hydrogen (secondary N) is 2. The number of hydrogen-bond acceptors (Lipinski definition) is 4. The first kappa shape index (κ1) is 22.1. The molecule has 0 saturated carbocycles. The highest BCUT2D eigenvalue weighted by atomic mass is 16.5. The Morgan fingerprint density at radius 1 is 1.07 bits per heavy atom. The molecule has 2 rings (SSSR count). The number of hydrogen-bond donors (Lipinski definition) is 2. The molecule has 0 aliphatic carbocycles. The van der Waals surface area contributed by atoms with Crippen molar-refractivity contribution in [2.45, 2.75) is 46.5 Å². The lowest BCUT2D eigenvalue weighted by atomic mass is 9.97. The van der Waals surface area contributed by atoms with Crippen molar-refractivity contribution in [2.24, 2.45) is 5.10 Å². The lowest BCUT2D eigenvalue weighted by Crippen LogP contribution is -2.20. The number of methoxy groups -OCH3 is 1. The van der Waals surface area contributed by atoms with Crippen LogP contribution in [0.4, 0.5) is 5.69 Å². The van der Waals surface area contributed by atoms with E-state index in [-0.39, 0.29) is 24.7 Å². The molecule has 2 N–H and O–H groups in total. The molecule has 0 unspecified atom stereocenters. The Morgan fingerprint density at radius 2 is 1.72 bits per heavy atom. The Balaban J connectivity index is 1.87. The molecule has 2 aromatic rings. The number of ether oxygens (including phenoxy) is 1. The number of carbonyl (C=O) groups excluding carboxylic acids is 2. The Kier molecular flexibility index (Phi) is 7.95. The number of aryl methyl sites for hydroxylation is 2. The van der Waals surface area contributed by atoms with Crippen molar-refractivity contribution >= 4 is 23.7 Å². The summed E-state index contributed by atoms with van der Waals surface area (Å²) < 4.78 is 5.44. The molecule has 2 amide bonds. The lowest BCUT2D eigenvalue weighted by Gasteiger charge is -2.14. The standard InChI is InChI=1S/C23H29N3O3/c1-15(2)20-13-18(17(4)12-21(20)29-5)14-24-26-23(28)11-10-22(27)25-19-8-6-16(3)7-9-19/h6-9,12-15H,10-11H2,1-5H3,(H,25,27)(H,26,28). The summed E-state index contributed by atoms with van der Waals surface area (Å²) >= 11 is 0. The van der Waals surface area contributed by atoms with Gasteiger partial charge in [0.1, 0.15) is 5.75 Å². The smallest absolute Gasteiger partial charge is 0.240 e. The number of carbonyl (C=O) groups is 2. The average Bonchev–Trinajstić information content (AvgIpc) is 2.68. The van der Waals surface area contributed by atoms with Crippen molar-refractivity contribution < 1.29 is 14.3 Å². The van der Waals surface area contributed by atoms with Gasteiger partial charge in [-0.1, -0.05) is 31.5 Å². The fourth-order valence-electron chi connectivity index (χ4n) is 2.80. The zero-order valence-corrected chi connectivity index (χ0v) is 17.7. The molecule has 0 spiro atoms. The van der Waals surface area contributed by atoms with E-state index in [1.54, 1.807) is 13.3 Å². The number of amides is 2. The van der Waals surface area contributed by atoms with Crippen LogP contribution in [0, 0.1) is 13.8 Å². The molecule has 2 aromatic carbocycles. The van der Waals surface area contributed by atoms with Gasteiger partial charge in [-0.2, -0.15) is 5.10 Å². The molecule has 0 heterocycles. The highest BCUT2D eigenvalue weighted by Gasteiger charge is 2.11. The zero-order valence-electron chi connectivity index (χ0n) is 17.7. The Morgan fingerprint density at radius 3 is 2.34 bits per heavy atom. The van der Waals surface area contributed by atoms with Crippen molar-refractivity contribution in [3.05, 3.63) is 58.7 Å². The van der Waals surface area contributed by atoms with E-state index < -0.39 is 0 Å². The average molecular weight is 396 g/mol. The summed E-state index contributed by atoms with van der Waals surface area (Å²) in [5, 5.41) is 6.81. The van der Waals surface area contributed by atoms with Crippen LogP contribution in [-0.2, 0) is 9.59 Å². The van der Waals surface area contributed by atoms with Crippen molar-refractivity contribution in [3.63, 3.8) is 0 Å². The number of hydrazone groups is 1. The van der Waals surface area contributed by atoms with Crippen molar-refractivity contribution in [3.8, 4) is 5.75 Å². The Hall–Kier alpha value is -3.15. The highest BCUT2D eigenvalue weighted by Crippen LogP contribution is 2.29. The first-order valence-electron chi connectivity index (χ1n) is 9.67. The minimum Gasteiger partial charge on any atom is -0.496 e. The van der Waals surface area contributed by atoms with Crippen molar-refractivity contribution in [2.75, 3.05) is 12.4 Å². The summed E-state index contributed by atoms with van der Waals surface area (Å²) in [5.41, 5.74) is 7.31. The summed E-state index contributed by atoms with van der Waals surface area (Å²) in [6.07, 6.45) is 1.77. The number of nitrogens with zero attached hydrogens (tertiary/aromatic N) is 1. The van der Waals surface area contributed by atoms with Crippen LogP contribution in [0.15, 0.2) is 41.5 Å². The van der Waals surface area contributed by atoms with E-state index >= 15 is 0 Å². The second-order valence-electron chi connectivity index (χ2n) is 7.31. The van der Waals surface area contributed by atoms with Gasteiger partial charge in [0.15, 0.2) is 0 Å². The number of rotatable bonds is 8. The normalized spacial score (nSPS) is 11.0. The van der Waals surface area contributed by atoms with Gasteiger partial charge in [-0.15, -0.1) is 0 Å². The highest BCUT2D eigenvalue weighted by molar-refractivity contribution is 5.93. The molecule has 0 fully saturated rings. The first-order valence-corrected chi connectivity index (χ1v) is 9.67. The van der Waals surface area contributed by atoms with Crippen molar-refractivity contribution in [1.29, 1.82) is 0 Å². The van der Waals surface area contributed by atoms with E-state index in [0.29, 0.717) is 5.92 Å². The Labute approximate surface area is 172 Å². The molecule has 0 aromatic heterocycles. The van der Waals surface area contributed by atoms with E-state index in [4.69, 9.17) is 4.74 Å². The summed E-state index contributed by atoms with van der Waals surface area (Å²) in [6.45, 7) is 8.13. The fourth-order valence-corrected chi connectivity index (χ4v) is 2.80. The minimum atomic E-state index is -0.310. The predicted molar refractivity (Wildman–Crippen MR) is 117 cm³/mol. The second-order valence-corrected chi connectivity index (χ2v) is 7.31. The molecule has 29 heavy (non-hydrogen) atoms. The molecule has 6 heteroatoms. The largest absolute Gasteiger partial charge is 0.496 e. The van der Waals surface area contributed by atoms with Crippen LogP contribution in [-0.4, -0.2) is 25.1 Å².